The lowest BCUT2D eigenvalue weighted by Gasteiger charge is -2.48. The number of esters is 1. The molecule has 3 fully saturated rings. The van der Waals surface area contributed by atoms with Crippen molar-refractivity contribution in [3.8, 4) is 0 Å². The maximum absolute atomic E-state index is 11.3. The fraction of sp³-hybridized carbons (Fsp3) is 0.933. The van der Waals surface area contributed by atoms with E-state index in [1.165, 1.54) is 58.0 Å². The highest BCUT2D eigenvalue weighted by Gasteiger charge is 2.45. The Balaban J connectivity index is 1.74. The van der Waals surface area contributed by atoms with Gasteiger partial charge in [-0.1, -0.05) is 6.42 Å². The molecule has 3 nitrogen and oxygen atoms in total. The van der Waals surface area contributed by atoms with E-state index in [1.807, 2.05) is 0 Å². The Morgan fingerprint density at radius 1 is 1.06 bits per heavy atom. The molecule has 102 valence electrons. The first-order chi connectivity index (χ1) is 8.75. The average Bonchev–Trinajstić information content (AvgIpc) is 2.81. The van der Waals surface area contributed by atoms with Gasteiger partial charge >= 0.3 is 5.97 Å². The van der Waals surface area contributed by atoms with Crippen LogP contribution in [0.25, 0.3) is 0 Å². The topological polar surface area (TPSA) is 29.5 Å². The van der Waals surface area contributed by atoms with Crippen LogP contribution in [0.3, 0.4) is 0 Å². The van der Waals surface area contributed by atoms with Gasteiger partial charge in [0.1, 0.15) is 6.10 Å². The fourth-order valence-electron chi connectivity index (χ4n) is 4.51. The van der Waals surface area contributed by atoms with Gasteiger partial charge in [0.25, 0.3) is 0 Å². The predicted octanol–water partition coefficient (Wildman–Crippen LogP) is 2.59. The minimum absolute atomic E-state index is 0.0843. The largest absolute Gasteiger partial charge is 0.462 e. The van der Waals surface area contributed by atoms with E-state index in [4.69, 9.17) is 4.74 Å². The molecule has 0 amide bonds. The zero-order valence-corrected chi connectivity index (χ0v) is 11.4. The second-order valence-corrected chi connectivity index (χ2v) is 6.32. The summed E-state index contributed by atoms with van der Waals surface area (Å²) < 4.78 is 5.68. The molecule has 1 aliphatic heterocycles. The van der Waals surface area contributed by atoms with Gasteiger partial charge < -0.3 is 4.74 Å². The van der Waals surface area contributed by atoms with Crippen molar-refractivity contribution < 1.29 is 9.53 Å². The Kier molecular flexibility index (Phi) is 3.60. The highest BCUT2D eigenvalue weighted by Crippen LogP contribution is 2.44. The molecule has 0 aromatic heterocycles. The van der Waals surface area contributed by atoms with Crippen LogP contribution >= 0.6 is 0 Å². The second-order valence-electron chi connectivity index (χ2n) is 6.32. The molecule has 1 saturated heterocycles. The standard InChI is InChI=1S/C15H25NO2/c1-11(17)18-15-12-5-4-6-13(15)14(8-7-12)16-9-2-3-10-16/h12-15H,2-10H2,1H3/t12-,13+,14+,15+/m0/s1. The third kappa shape index (κ3) is 2.29. The van der Waals surface area contributed by atoms with Crippen molar-refractivity contribution in [2.24, 2.45) is 11.8 Å². The Morgan fingerprint density at radius 3 is 2.56 bits per heavy atom. The molecule has 18 heavy (non-hydrogen) atoms. The minimum Gasteiger partial charge on any atom is -0.462 e. The van der Waals surface area contributed by atoms with Gasteiger partial charge in [-0.3, -0.25) is 9.69 Å². The minimum atomic E-state index is -0.0843. The molecule has 0 aromatic carbocycles. The lowest BCUT2D eigenvalue weighted by molar-refractivity contribution is -0.161. The van der Waals surface area contributed by atoms with Crippen LogP contribution in [0.2, 0.25) is 0 Å². The summed E-state index contributed by atoms with van der Waals surface area (Å²) in [5, 5.41) is 0. The summed E-state index contributed by atoms with van der Waals surface area (Å²) in [6.07, 6.45) is 9.36. The Hall–Kier alpha value is -0.570. The summed E-state index contributed by atoms with van der Waals surface area (Å²) in [6, 6.07) is 0.688. The van der Waals surface area contributed by atoms with Gasteiger partial charge in [0, 0.05) is 18.9 Å². The van der Waals surface area contributed by atoms with Crippen LogP contribution in [0.5, 0.6) is 0 Å². The third-order valence-electron chi connectivity index (χ3n) is 5.24. The van der Waals surface area contributed by atoms with Gasteiger partial charge in [-0.15, -0.1) is 0 Å². The molecular weight excluding hydrogens is 226 g/mol. The zero-order valence-electron chi connectivity index (χ0n) is 11.4. The Labute approximate surface area is 110 Å². The first-order valence-corrected chi connectivity index (χ1v) is 7.67. The van der Waals surface area contributed by atoms with E-state index in [-0.39, 0.29) is 12.1 Å². The van der Waals surface area contributed by atoms with Gasteiger partial charge in [0.2, 0.25) is 0 Å². The molecule has 4 atom stereocenters. The molecule has 2 saturated carbocycles. The summed E-state index contributed by atoms with van der Waals surface area (Å²) in [7, 11) is 0. The van der Waals surface area contributed by atoms with Crippen LogP contribution in [-0.4, -0.2) is 36.1 Å². The Morgan fingerprint density at radius 2 is 1.83 bits per heavy atom. The van der Waals surface area contributed by atoms with E-state index in [0.29, 0.717) is 17.9 Å². The monoisotopic (exact) mass is 251 g/mol. The molecule has 1 heterocycles. The molecule has 2 bridgehead atoms. The van der Waals surface area contributed by atoms with Crippen LogP contribution < -0.4 is 0 Å². The molecule has 0 N–H and O–H groups in total. The molecule has 0 spiro atoms. The van der Waals surface area contributed by atoms with Crippen molar-refractivity contribution >= 4 is 5.97 Å². The fourth-order valence-corrected chi connectivity index (χ4v) is 4.51. The van der Waals surface area contributed by atoms with Crippen molar-refractivity contribution in [3.05, 3.63) is 0 Å². The first-order valence-electron chi connectivity index (χ1n) is 7.67. The van der Waals surface area contributed by atoms with Gasteiger partial charge in [0.05, 0.1) is 0 Å². The van der Waals surface area contributed by atoms with E-state index in [1.54, 1.807) is 6.92 Å². The smallest absolute Gasteiger partial charge is 0.302 e. The van der Waals surface area contributed by atoms with Gasteiger partial charge in [-0.25, -0.2) is 0 Å². The first kappa shape index (κ1) is 12.5. The van der Waals surface area contributed by atoms with Crippen molar-refractivity contribution in [1.82, 2.24) is 4.90 Å². The van der Waals surface area contributed by atoms with Gasteiger partial charge in [-0.05, 0) is 57.5 Å². The lowest BCUT2D eigenvalue weighted by Crippen LogP contribution is -2.52. The maximum atomic E-state index is 11.3. The summed E-state index contributed by atoms with van der Waals surface area (Å²) in [4.78, 5) is 14.0. The molecule has 3 heteroatoms. The molecule has 2 aliphatic carbocycles. The van der Waals surface area contributed by atoms with E-state index >= 15 is 0 Å². The normalized spacial score (nSPS) is 40.7. The summed E-state index contributed by atoms with van der Waals surface area (Å²) in [5.74, 6) is 1.17. The number of rotatable bonds is 2. The number of hydrogen-bond donors (Lipinski definition) is 0. The van der Waals surface area contributed by atoms with Crippen LogP contribution in [0, 0.1) is 11.8 Å². The lowest BCUT2D eigenvalue weighted by atomic mass is 9.67. The van der Waals surface area contributed by atoms with Crippen molar-refractivity contribution in [1.29, 1.82) is 0 Å². The summed E-state index contributed by atoms with van der Waals surface area (Å²) in [5.41, 5.74) is 0. The van der Waals surface area contributed by atoms with E-state index in [0.717, 1.165) is 0 Å². The number of likely N-dealkylation sites (tertiary alicyclic amines) is 1. The van der Waals surface area contributed by atoms with Crippen LogP contribution in [0.1, 0.15) is 51.9 Å². The van der Waals surface area contributed by atoms with Crippen LogP contribution in [0.4, 0.5) is 0 Å². The molecule has 0 aromatic rings. The van der Waals surface area contributed by atoms with E-state index < -0.39 is 0 Å². The number of carbonyl (C=O) groups excluding carboxylic acids is 1. The van der Waals surface area contributed by atoms with Crippen LogP contribution in [-0.2, 0) is 9.53 Å². The second kappa shape index (κ2) is 5.20. The van der Waals surface area contributed by atoms with Crippen molar-refractivity contribution in [2.75, 3.05) is 13.1 Å². The number of nitrogens with zero attached hydrogens (tertiary/aromatic N) is 1. The maximum Gasteiger partial charge on any atom is 0.302 e. The quantitative estimate of drug-likeness (QED) is 0.707. The number of fused-ring (bicyclic) bond motifs is 2. The third-order valence-corrected chi connectivity index (χ3v) is 5.24. The number of ether oxygens (including phenoxy) is 1. The molecule has 3 rings (SSSR count). The average molecular weight is 251 g/mol. The highest BCUT2D eigenvalue weighted by atomic mass is 16.5. The number of carbonyl (C=O) groups is 1. The number of hydrogen-bond acceptors (Lipinski definition) is 3. The predicted molar refractivity (Wildman–Crippen MR) is 70.2 cm³/mol. The summed E-state index contributed by atoms with van der Waals surface area (Å²) >= 11 is 0. The molecule has 3 aliphatic rings. The van der Waals surface area contributed by atoms with Gasteiger partial charge in [-0.2, -0.15) is 0 Å². The van der Waals surface area contributed by atoms with Crippen molar-refractivity contribution in [3.63, 3.8) is 0 Å². The van der Waals surface area contributed by atoms with Crippen molar-refractivity contribution in [2.45, 2.75) is 64.0 Å². The molecular formula is C15H25NO2. The highest BCUT2D eigenvalue weighted by molar-refractivity contribution is 5.66. The van der Waals surface area contributed by atoms with Gasteiger partial charge in [0.15, 0.2) is 0 Å². The molecule has 0 unspecified atom stereocenters. The summed E-state index contributed by atoms with van der Waals surface area (Å²) in [6.45, 7) is 4.09. The zero-order chi connectivity index (χ0) is 12.5. The van der Waals surface area contributed by atoms with E-state index in [9.17, 15) is 4.79 Å². The molecule has 0 radical (unpaired) electrons. The SMILES string of the molecule is CC(=O)O[C@@H]1[C@H]2CCC[C@@H]1[C@H](N1CCCC1)CC2. The van der Waals surface area contributed by atoms with Crippen LogP contribution in [0.15, 0.2) is 0 Å². The Bertz CT molecular complexity index is 312. The van der Waals surface area contributed by atoms with E-state index in [2.05, 4.69) is 4.90 Å².